The van der Waals surface area contributed by atoms with Crippen LogP contribution in [0.2, 0.25) is 0 Å². The van der Waals surface area contributed by atoms with Crippen LogP contribution < -0.4 is 5.73 Å². The lowest BCUT2D eigenvalue weighted by atomic mass is 9.84. The lowest BCUT2D eigenvalue weighted by Crippen LogP contribution is -2.42. The summed E-state index contributed by atoms with van der Waals surface area (Å²) in [5, 5.41) is 10.5. The molecule has 24 heavy (non-hydrogen) atoms. The molecule has 0 radical (unpaired) electrons. The van der Waals surface area contributed by atoms with E-state index in [1.54, 1.807) is 0 Å². The molecule has 4 heteroatoms. The van der Waals surface area contributed by atoms with Crippen LogP contribution in [0.15, 0.2) is 54.6 Å². The number of aliphatic hydroxyl groups excluding tert-OH is 1. The lowest BCUT2D eigenvalue weighted by Gasteiger charge is -2.32. The third-order valence-electron chi connectivity index (χ3n) is 4.00. The summed E-state index contributed by atoms with van der Waals surface area (Å²) in [7, 11) is 0. The van der Waals surface area contributed by atoms with Crippen molar-refractivity contribution in [3.05, 3.63) is 60.2 Å². The first-order valence-corrected chi connectivity index (χ1v) is 8.06. The lowest BCUT2D eigenvalue weighted by molar-refractivity contribution is -0.0484. The Morgan fingerprint density at radius 3 is 2.08 bits per heavy atom. The molecule has 1 unspecified atom stereocenters. The standard InChI is InChI=1S/C20H25NO3/c1-20(2,3)18(22)17(24-19(21)23)13-14-9-11-16(12-10-14)15-7-5-4-6-8-15/h4-12,17-18,22H,13H2,1-3H3,(H2,21,23)/t17-,18?/m1/s1. The maximum absolute atomic E-state index is 11.2. The molecule has 2 atom stereocenters. The maximum atomic E-state index is 11.2. The summed E-state index contributed by atoms with van der Waals surface area (Å²) >= 11 is 0. The van der Waals surface area contributed by atoms with Gasteiger partial charge in [0.2, 0.25) is 0 Å². The van der Waals surface area contributed by atoms with E-state index in [4.69, 9.17) is 10.5 Å². The number of ether oxygens (including phenoxy) is 1. The summed E-state index contributed by atoms with van der Waals surface area (Å²) in [5.74, 6) is 0. The van der Waals surface area contributed by atoms with Crippen LogP contribution in [0.1, 0.15) is 26.3 Å². The molecule has 3 N–H and O–H groups in total. The minimum Gasteiger partial charge on any atom is -0.443 e. The molecule has 2 rings (SSSR count). The van der Waals surface area contributed by atoms with Gasteiger partial charge in [0.1, 0.15) is 6.10 Å². The Morgan fingerprint density at radius 2 is 1.58 bits per heavy atom. The molecule has 0 aliphatic heterocycles. The van der Waals surface area contributed by atoms with E-state index in [0.29, 0.717) is 6.42 Å². The zero-order valence-corrected chi connectivity index (χ0v) is 14.4. The topological polar surface area (TPSA) is 72.6 Å². The van der Waals surface area contributed by atoms with Crippen molar-refractivity contribution in [3.63, 3.8) is 0 Å². The zero-order valence-electron chi connectivity index (χ0n) is 14.4. The smallest absolute Gasteiger partial charge is 0.404 e. The molecular formula is C20H25NO3. The average molecular weight is 327 g/mol. The SMILES string of the molecule is CC(C)(C)C(O)[C@@H](Cc1ccc(-c2ccccc2)cc1)OC(N)=O. The molecule has 128 valence electrons. The van der Waals surface area contributed by atoms with Crippen molar-refractivity contribution < 1.29 is 14.6 Å². The van der Waals surface area contributed by atoms with E-state index in [2.05, 4.69) is 12.1 Å². The van der Waals surface area contributed by atoms with Gasteiger partial charge in [-0.3, -0.25) is 0 Å². The Balaban J connectivity index is 2.16. The van der Waals surface area contributed by atoms with Crippen molar-refractivity contribution in [3.8, 4) is 11.1 Å². The van der Waals surface area contributed by atoms with E-state index in [9.17, 15) is 9.90 Å². The van der Waals surface area contributed by atoms with Crippen LogP contribution in [-0.2, 0) is 11.2 Å². The van der Waals surface area contributed by atoms with Crippen LogP contribution in [0.4, 0.5) is 4.79 Å². The minimum absolute atomic E-state index is 0.413. The fraction of sp³-hybridized carbons (Fsp3) is 0.350. The summed E-state index contributed by atoms with van der Waals surface area (Å²) in [5.41, 5.74) is 7.98. The molecule has 0 aromatic heterocycles. The van der Waals surface area contributed by atoms with Crippen LogP contribution in [0.5, 0.6) is 0 Å². The highest BCUT2D eigenvalue weighted by molar-refractivity contribution is 5.65. The molecule has 0 fully saturated rings. The Hall–Kier alpha value is -2.33. The first kappa shape index (κ1) is 18.0. The van der Waals surface area contributed by atoms with Gasteiger partial charge < -0.3 is 15.6 Å². The highest BCUT2D eigenvalue weighted by Gasteiger charge is 2.32. The highest BCUT2D eigenvalue weighted by Crippen LogP contribution is 2.26. The minimum atomic E-state index is -0.871. The number of carbonyl (C=O) groups excluding carboxylic acids is 1. The van der Waals surface area contributed by atoms with Gasteiger partial charge in [-0.1, -0.05) is 75.4 Å². The highest BCUT2D eigenvalue weighted by atomic mass is 16.6. The van der Waals surface area contributed by atoms with Gasteiger partial charge in [-0.2, -0.15) is 0 Å². The molecule has 2 aromatic rings. The predicted molar refractivity (Wildman–Crippen MR) is 95.5 cm³/mol. The fourth-order valence-corrected chi connectivity index (χ4v) is 2.62. The van der Waals surface area contributed by atoms with E-state index in [-0.39, 0.29) is 0 Å². The first-order chi connectivity index (χ1) is 11.3. The fourth-order valence-electron chi connectivity index (χ4n) is 2.62. The predicted octanol–water partition coefficient (Wildman–Crippen LogP) is 3.77. The van der Waals surface area contributed by atoms with Gasteiger partial charge in [0.15, 0.2) is 0 Å². The van der Waals surface area contributed by atoms with E-state index < -0.39 is 23.7 Å². The van der Waals surface area contributed by atoms with Crippen LogP contribution in [0.25, 0.3) is 11.1 Å². The number of primary amides is 1. The molecule has 2 aromatic carbocycles. The average Bonchev–Trinajstić information content (AvgIpc) is 2.54. The van der Waals surface area contributed by atoms with Gasteiger partial charge in [0, 0.05) is 6.42 Å². The van der Waals surface area contributed by atoms with E-state index >= 15 is 0 Å². The second-order valence-corrected chi connectivity index (χ2v) is 7.05. The number of rotatable bonds is 5. The summed E-state index contributed by atoms with van der Waals surface area (Å²) in [6.07, 6.45) is -1.94. The summed E-state index contributed by atoms with van der Waals surface area (Å²) in [4.78, 5) is 11.2. The molecular weight excluding hydrogens is 302 g/mol. The molecule has 1 amide bonds. The second-order valence-electron chi connectivity index (χ2n) is 7.05. The van der Waals surface area contributed by atoms with Gasteiger partial charge >= 0.3 is 6.09 Å². The Morgan fingerprint density at radius 1 is 1.04 bits per heavy atom. The van der Waals surface area contributed by atoms with Gasteiger partial charge in [-0.15, -0.1) is 0 Å². The second kappa shape index (κ2) is 7.49. The number of nitrogens with two attached hydrogens (primary N) is 1. The molecule has 0 aliphatic carbocycles. The van der Waals surface area contributed by atoms with Gasteiger partial charge in [-0.25, -0.2) is 4.79 Å². The number of hydrogen-bond acceptors (Lipinski definition) is 3. The normalized spacial score (nSPS) is 14.0. The molecule has 0 bridgehead atoms. The monoisotopic (exact) mass is 327 g/mol. The van der Waals surface area contributed by atoms with Crippen molar-refractivity contribution >= 4 is 6.09 Å². The van der Waals surface area contributed by atoms with Crippen molar-refractivity contribution in [2.75, 3.05) is 0 Å². The molecule has 0 heterocycles. The van der Waals surface area contributed by atoms with E-state index in [0.717, 1.165) is 16.7 Å². The first-order valence-electron chi connectivity index (χ1n) is 8.06. The number of benzene rings is 2. The molecule has 0 saturated heterocycles. The van der Waals surface area contributed by atoms with Crippen molar-refractivity contribution in [1.82, 2.24) is 0 Å². The summed E-state index contributed by atoms with van der Waals surface area (Å²) in [6.45, 7) is 5.69. The number of carbonyl (C=O) groups is 1. The largest absolute Gasteiger partial charge is 0.443 e. The van der Waals surface area contributed by atoms with E-state index in [1.165, 1.54) is 0 Å². The zero-order chi connectivity index (χ0) is 17.7. The van der Waals surface area contributed by atoms with Gasteiger partial charge in [0.25, 0.3) is 0 Å². The van der Waals surface area contributed by atoms with Gasteiger partial charge in [-0.05, 0) is 22.1 Å². The maximum Gasteiger partial charge on any atom is 0.404 e. The molecule has 4 nitrogen and oxygen atoms in total. The summed E-state index contributed by atoms with van der Waals surface area (Å²) in [6, 6.07) is 18.1. The number of amides is 1. The van der Waals surface area contributed by atoms with Crippen LogP contribution in [0, 0.1) is 5.41 Å². The summed E-state index contributed by atoms with van der Waals surface area (Å²) < 4.78 is 5.15. The Bertz CT molecular complexity index is 660. The van der Waals surface area contributed by atoms with E-state index in [1.807, 2.05) is 63.2 Å². The van der Waals surface area contributed by atoms with Crippen LogP contribution >= 0.6 is 0 Å². The quantitative estimate of drug-likeness (QED) is 0.878. The van der Waals surface area contributed by atoms with Gasteiger partial charge in [0.05, 0.1) is 6.10 Å². The molecule has 0 spiro atoms. The van der Waals surface area contributed by atoms with Crippen molar-refractivity contribution in [1.29, 1.82) is 0 Å². The van der Waals surface area contributed by atoms with Crippen molar-refractivity contribution in [2.45, 2.75) is 39.4 Å². The molecule has 0 saturated carbocycles. The van der Waals surface area contributed by atoms with Crippen molar-refractivity contribution in [2.24, 2.45) is 11.1 Å². The van der Waals surface area contributed by atoms with Crippen LogP contribution in [0.3, 0.4) is 0 Å². The number of hydrogen-bond donors (Lipinski definition) is 2. The Kier molecular flexibility index (Phi) is 5.62. The number of aliphatic hydroxyl groups is 1. The third kappa shape index (κ3) is 4.83. The van der Waals surface area contributed by atoms with Crippen LogP contribution in [-0.4, -0.2) is 23.4 Å². The Labute approximate surface area is 143 Å². The third-order valence-corrected chi connectivity index (χ3v) is 4.00. The molecule has 0 aliphatic rings.